The fourth-order valence-corrected chi connectivity index (χ4v) is 2.39. The van der Waals surface area contributed by atoms with Crippen molar-refractivity contribution in [3.63, 3.8) is 0 Å². The zero-order valence-corrected chi connectivity index (χ0v) is 11.8. The van der Waals surface area contributed by atoms with Crippen molar-refractivity contribution in [3.8, 4) is 0 Å². The molecule has 2 N–H and O–H groups in total. The van der Waals surface area contributed by atoms with E-state index in [1.807, 2.05) is 0 Å². The smallest absolute Gasteiger partial charge is 0.279 e. The third kappa shape index (κ3) is 6.14. The minimum atomic E-state index is -2.04. The Hall–Kier alpha value is -0.160. The predicted octanol–water partition coefficient (Wildman–Crippen LogP) is 2.92. The summed E-state index contributed by atoms with van der Waals surface area (Å²) in [6, 6.07) is 0. The van der Waals surface area contributed by atoms with Gasteiger partial charge in [0.15, 0.2) is 6.79 Å². The summed E-state index contributed by atoms with van der Waals surface area (Å²) in [5, 5.41) is 19.2. The lowest BCUT2D eigenvalue weighted by atomic mass is 9.86. The molecule has 1 saturated carbocycles. The molecule has 0 radical (unpaired) electrons. The van der Waals surface area contributed by atoms with Crippen LogP contribution in [0.4, 0.5) is 0 Å². The fraction of sp³-hybridized carbons (Fsp3) is 1.00. The predicted molar refractivity (Wildman–Crippen MR) is 69.8 cm³/mol. The molecule has 108 valence electrons. The van der Waals surface area contributed by atoms with Crippen LogP contribution in [0.5, 0.6) is 0 Å². The highest BCUT2D eigenvalue weighted by Gasteiger charge is 2.29. The van der Waals surface area contributed by atoms with Gasteiger partial charge in [0.2, 0.25) is 0 Å². The van der Waals surface area contributed by atoms with Gasteiger partial charge >= 0.3 is 0 Å². The van der Waals surface area contributed by atoms with E-state index < -0.39 is 5.97 Å². The highest BCUT2D eigenvalue weighted by Crippen LogP contribution is 2.31. The molecule has 0 spiro atoms. The van der Waals surface area contributed by atoms with Crippen LogP contribution in [0.1, 0.15) is 71.6 Å². The van der Waals surface area contributed by atoms with Gasteiger partial charge in [-0.05, 0) is 26.2 Å². The van der Waals surface area contributed by atoms with E-state index in [2.05, 4.69) is 13.8 Å². The van der Waals surface area contributed by atoms with Gasteiger partial charge in [0.05, 0.1) is 5.60 Å². The average molecular weight is 260 g/mol. The van der Waals surface area contributed by atoms with Crippen molar-refractivity contribution >= 4 is 0 Å². The first-order valence-electron chi connectivity index (χ1n) is 7.20. The van der Waals surface area contributed by atoms with Crippen LogP contribution in [-0.4, -0.2) is 28.6 Å². The molecular weight excluding hydrogens is 232 g/mol. The normalized spacial score (nSPS) is 20.0. The molecule has 4 heteroatoms. The monoisotopic (exact) mass is 260 g/mol. The van der Waals surface area contributed by atoms with Crippen LogP contribution in [0.15, 0.2) is 0 Å². The van der Waals surface area contributed by atoms with E-state index in [1.165, 1.54) is 19.3 Å². The third-order valence-electron chi connectivity index (χ3n) is 3.71. The van der Waals surface area contributed by atoms with E-state index in [0.29, 0.717) is 0 Å². The highest BCUT2D eigenvalue weighted by atomic mass is 16.8. The summed E-state index contributed by atoms with van der Waals surface area (Å²) < 4.78 is 10.7. The summed E-state index contributed by atoms with van der Waals surface area (Å²) in [7, 11) is 0. The Morgan fingerprint density at radius 1 is 1.11 bits per heavy atom. The Bertz CT molecular complexity index is 222. The van der Waals surface area contributed by atoms with E-state index in [9.17, 15) is 10.2 Å². The maximum atomic E-state index is 9.61. The molecule has 0 amide bonds. The van der Waals surface area contributed by atoms with Crippen LogP contribution in [-0.2, 0) is 9.47 Å². The highest BCUT2D eigenvalue weighted by molar-refractivity contribution is 4.78. The second-order valence-corrected chi connectivity index (χ2v) is 5.62. The first-order chi connectivity index (χ1) is 8.47. The lowest BCUT2D eigenvalue weighted by Gasteiger charge is -2.34. The number of unbranched alkanes of at least 4 members (excludes halogenated alkanes) is 2. The number of aliphatic hydroxyl groups is 2. The molecule has 0 bridgehead atoms. The minimum absolute atomic E-state index is 0.0460. The second kappa shape index (κ2) is 7.43. The number of hydrogen-bond acceptors (Lipinski definition) is 4. The fourth-order valence-electron chi connectivity index (χ4n) is 2.39. The molecule has 0 aromatic heterocycles. The summed E-state index contributed by atoms with van der Waals surface area (Å²) in [6.07, 6.45) is 8.68. The maximum Gasteiger partial charge on any atom is 0.279 e. The van der Waals surface area contributed by atoms with E-state index >= 15 is 0 Å². The van der Waals surface area contributed by atoms with Gasteiger partial charge in [0.1, 0.15) is 0 Å². The molecule has 0 unspecified atom stereocenters. The SMILES string of the molecule is CCCCCC(O)(O)OCOC1(C)CCCCC1. The Balaban J connectivity index is 2.18. The van der Waals surface area contributed by atoms with Gasteiger partial charge in [-0.2, -0.15) is 0 Å². The molecule has 0 saturated heterocycles. The molecule has 1 aliphatic carbocycles. The van der Waals surface area contributed by atoms with Crippen molar-refractivity contribution in [2.45, 2.75) is 83.2 Å². The number of ether oxygens (including phenoxy) is 2. The van der Waals surface area contributed by atoms with Crippen molar-refractivity contribution < 1.29 is 19.7 Å². The summed E-state index contributed by atoms with van der Waals surface area (Å²) in [5.74, 6) is -2.04. The minimum Gasteiger partial charge on any atom is -0.349 e. The maximum absolute atomic E-state index is 9.61. The lowest BCUT2D eigenvalue weighted by molar-refractivity contribution is -0.371. The van der Waals surface area contributed by atoms with Crippen LogP contribution >= 0.6 is 0 Å². The van der Waals surface area contributed by atoms with E-state index in [-0.39, 0.29) is 18.8 Å². The average Bonchev–Trinajstić information content (AvgIpc) is 2.29. The zero-order chi connectivity index (χ0) is 13.5. The van der Waals surface area contributed by atoms with Crippen LogP contribution in [0.2, 0.25) is 0 Å². The summed E-state index contributed by atoms with van der Waals surface area (Å²) in [5.41, 5.74) is -0.155. The molecule has 0 aromatic rings. The van der Waals surface area contributed by atoms with Crippen molar-refractivity contribution in [3.05, 3.63) is 0 Å². The molecular formula is C14H28O4. The first-order valence-corrected chi connectivity index (χ1v) is 7.20. The van der Waals surface area contributed by atoms with Crippen LogP contribution in [0.3, 0.4) is 0 Å². The van der Waals surface area contributed by atoms with E-state index in [4.69, 9.17) is 9.47 Å². The molecule has 4 nitrogen and oxygen atoms in total. The Labute approximate surface area is 110 Å². The van der Waals surface area contributed by atoms with Gasteiger partial charge in [-0.25, -0.2) is 0 Å². The Morgan fingerprint density at radius 3 is 2.39 bits per heavy atom. The molecule has 0 atom stereocenters. The summed E-state index contributed by atoms with van der Waals surface area (Å²) >= 11 is 0. The molecule has 1 rings (SSSR count). The number of rotatable bonds is 8. The zero-order valence-electron chi connectivity index (χ0n) is 11.8. The van der Waals surface area contributed by atoms with Crippen molar-refractivity contribution in [1.82, 2.24) is 0 Å². The Kier molecular flexibility index (Phi) is 6.57. The molecule has 18 heavy (non-hydrogen) atoms. The van der Waals surface area contributed by atoms with Gasteiger partial charge < -0.3 is 19.7 Å². The van der Waals surface area contributed by atoms with Crippen LogP contribution in [0.25, 0.3) is 0 Å². The molecule has 0 aliphatic heterocycles. The van der Waals surface area contributed by atoms with Crippen molar-refractivity contribution in [1.29, 1.82) is 0 Å². The van der Waals surface area contributed by atoms with Gasteiger partial charge in [-0.1, -0.05) is 39.0 Å². The summed E-state index contributed by atoms with van der Waals surface area (Å²) in [4.78, 5) is 0. The third-order valence-corrected chi connectivity index (χ3v) is 3.71. The largest absolute Gasteiger partial charge is 0.349 e. The van der Waals surface area contributed by atoms with Crippen LogP contribution < -0.4 is 0 Å². The topological polar surface area (TPSA) is 58.9 Å². The first kappa shape index (κ1) is 15.9. The quantitative estimate of drug-likeness (QED) is 0.520. The standard InChI is InChI=1S/C14H28O4/c1-3-4-6-11-14(15,16)18-12-17-13(2)9-7-5-8-10-13/h15-16H,3-12H2,1-2H3. The van der Waals surface area contributed by atoms with Crippen molar-refractivity contribution in [2.75, 3.05) is 6.79 Å². The molecule has 1 aliphatic rings. The summed E-state index contributed by atoms with van der Waals surface area (Å²) in [6.45, 7) is 4.10. The van der Waals surface area contributed by atoms with E-state index in [0.717, 1.165) is 32.1 Å². The van der Waals surface area contributed by atoms with Gasteiger partial charge in [0.25, 0.3) is 5.97 Å². The van der Waals surface area contributed by atoms with E-state index in [1.54, 1.807) is 0 Å². The molecule has 1 fully saturated rings. The number of hydrogen-bond donors (Lipinski definition) is 2. The lowest BCUT2D eigenvalue weighted by Crippen LogP contribution is -2.37. The van der Waals surface area contributed by atoms with Crippen molar-refractivity contribution in [2.24, 2.45) is 0 Å². The molecule has 0 aromatic carbocycles. The van der Waals surface area contributed by atoms with Crippen LogP contribution in [0, 0.1) is 0 Å². The van der Waals surface area contributed by atoms with Gasteiger partial charge in [0, 0.05) is 6.42 Å². The second-order valence-electron chi connectivity index (χ2n) is 5.62. The molecule has 0 heterocycles. The van der Waals surface area contributed by atoms with Gasteiger partial charge in [-0.3, -0.25) is 0 Å². The Morgan fingerprint density at radius 2 is 1.78 bits per heavy atom. The van der Waals surface area contributed by atoms with Gasteiger partial charge in [-0.15, -0.1) is 0 Å².